The molecule has 1 spiro atoms. The van der Waals surface area contributed by atoms with Crippen LogP contribution in [0.5, 0.6) is 0 Å². The molecule has 4 fully saturated rings. The molecule has 1 aromatic heterocycles. The van der Waals surface area contributed by atoms with Gasteiger partial charge < -0.3 is 19.3 Å². The zero-order valence-electron chi connectivity index (χ0n) is 25.1. The summed E-state index contributed by atoms with van der Waals surface area (Å²) in [6.07, 6.45) is 10.6. The fourth-order valence-electron chi connectivity index (χ4n) is 7.53. The van der Waals surface area contributed by atoms with Gasteiger partial charge in [0.1, 0.15) is 11.9 Å². The van der Waals surface area contributed by atoms with E-state index in [2.05, 4.69) is 28.7 Å². The predicted octanol–water partition coefficient (Wildman–Crippen LogP) is 4.61. The highest BCUT2D eigenvalue weighted by molar-refractivity contribution is 5.96. The molecule has 4 aliphatic heterocycles. The summed E-state index contributed by atoms with van der Waals surface area (Å²) < 4.78 is 12.0. The van der Waals surface area contributed by atoms with Gasteiger partial charge in [0.25, 0.3) is 5.91 Å². The highest BCUT2D eigenvalue weighted by atomic mass is 16.6. The topological polar surface area (TPSA) is 88.1 Å². The maximum absolute atomic E-state index is 13.3. The summed E-state index contributed by atoms with van der Waals surface area (Å²) in [4.78, 5) is 41.7. The van der Waals surface area contributed by atoms with Crippen LogP contribution >= 0.6 is 0 Å². The minimum Gasteiger partial charge on any atom is -0.442 e. The third-order valence-electron chi connectivity index (χ3n) is 10.4. The van der Waals surface area contributed by atoms with Gasteiger partial charge in [-0.25, -0.2) is 14.8 Å². The zero-order valence-corrected chi connectivity index (χ0v) is 25.1. The smallest absolute Gasteiger partial charge is 0.410 e. The number of likely N-dealkylation sites (tertiary alicyclic amines) is 2. The average molecular weight is 556 g/mol. The van der Waals surface area contributed by atoms with Crippen LogP contribution in [0.15, 0.2) is 6.33 Å². The van der Waals surface area contributed by atoms with Crippen LogP contribution < -0.4 is 0 Å². The Balaban J connectivity index is 1.19. The van der Waals surface area contributed by atoms with Gasteiger partial charge in [0.2, 0.25) is 0 Å². The second-order valence-corrected chi connectivity index (χ2v) is 12.9. The summed E-state index contributed by atoms with van der Waals surface area (Å²) in [6, 6.07) is 0. The first-order valence-corrected chi connectivity index (χ1v) is 15.6. The molecule has 0 radical (unpaired) electrons. The Labute approximate surface area is 240 Å². The van der Waals surface area contributed by atoms with Crippen molar-refractivity contribution in [3.8, 4) is 0 Å². The number of hydrogen-bond acceptors (Lipinski definition) is 7. The zero-order chi connectivity index (χ0) is 28.3. The molecule has 0 aromatic carbocycles. The third kappa shape index (κ3) is 6.01. The van der Waals surface area contributed by atoms with Crippen LogP contribution in [0.2, 0.25) is 0 Å². The first kappa shape index (κ1) is 29.2. The Morgan fingerprint density at radius 1 is 1.02 bits per heavy atom. The SMILES string of the molecule is CCCCC1CN(CC2CCOCC2)C(=O)OC12CCN(C1(C)CCN(C(=O)c3c(C)ncnc3C)CC1)CC2. The van der Waals surface area contributed by atoms with Crippen molar-refractivity contribution in [3.63, 3.8) is 0 Å². The van der Waals surface area contributed by atoms with Crippen molar-refractivity contribution in [2.75, 3.05) is 52.5 Å². The predicted molar refractivity (Wildman–Crippen MR) is 153 cm³/mol. The molecule has 1 aromatic rings. The highest BCUT2D eigenvalue weighted by Gasteiger charge is 2.51. The van der Waals surface area contributed by atoms with Gasteiger partial charge in [-0.2, -0.15) is 0 Å². The molecule has 5 heterocycles. The fourth-order valence-corrected chi connectivity index (χ4v) is 7.53. The molecule has 40 heavy (non-hydrogen) atoms. The maximum atomic E-state index is 13.3. The summed E-state index contributed by atoms with van der Waals surface area (Å²) >= 11 is 0. The molecular formula is C31H49N5O4. The van der Waals surface area contributed by atoms with Crippen molar-refractivity contribution in [2.24, 2.45) is 11.8 Å². The van der Waals surface area contributed by atoms with Crippen molar-refractivity contribution in [1.82, 2.24) is 24.7 Å². The number of rotatable bonds is 7. The van der Waals surface area contributed by atoms with Gasteiger partial charge >= 0.3 is 6.09 Å². The minimum atomic E-state index is -0.343. The largest absolute Gasteiger partial charge is 0.442 e. The Bertz CT molecular complexity index is 1020. The molecular weight excluding hydrogens is 506 g/mol. The standard InChI is InChI=1S/C31H49N5O4/c1-5-6-7-26-21-35(20-25-8-18-39-19-9-25)29(38)40-31(26)12-16-36(17-13-31)30(4)10-14-34(15-11-30)28(37)27-23(2)32-22-33-24(27)3/h22,25-26H,5-21H2,1-4H3. The van der Waals surface area contributed by atoms with Crippen LogP contribution in [-0.2, 0) is 9.47 Å². The lowest BCUT2D eigenvalue weighted by molar-refractivity contribution is -0.135. The van der Waals surface area contributed by atoms with Gasteiger partial charge in [-0.15, -0.1) is 0 Å². The normalized spacial score (nSPS) is 25.7. The maximum Gasteiger partial charge on any atom is 0.410 e. The number of aromatic nitrogens is 2. The van der Waals surface area contributed by atoms with E-state index >= 15 is 0 Å². The number of aryl methyl sites for hydroxylation is 2. The van der Waals surface area contributed by atoms with Crippen molar-refractivity contribution >= 4 is 12.0 Å². The van der Waals surface area contributed by atoms with E-state index in [0.29, 0.717) is 17.4 Å². The van der Waals surface area contributed by atoms with E-state index in [4.69, 9.17) is 9.47 Å². The summed E-state index contributed by atoms with van der Waals surface area (Å²) in [7, 11) is 0. The first-order chi connectivity index (χ1) is 19.2. The molecule has 4 aliphatic rings. The number of carbonyl (C=O) groups is 2. The molecule has 4 saturated heterocycles. The van der Waals surface area contributed by atoms with E-state index in [1.165, 1.54) is 12.7 Å². The lowest BCUT2D eigenvalue weighted by atomic mass is 9.74. The quantitative estimate of drug-likeness (QED) is 0.486. The number of amides is 2. The average Bonchev–Trinajstić information content (AvgIpc) is 2.95. The van der Waals surface area contributed by atoms with E-state index < -0.39 is 0 Å². The Morgan fingerprint density at radius 2 is 1.68 bits per heavy atom. The second-order valence-electron chi connectivity index (χ2n) is 12.9. The van der Waals surface area contributed by atoms with Gasteiger partial charge in [-0.3, -0.25) is 9.69 Å². The molecule has 0 N–H and O–H groups in total. The summed E-state index contributed by atoms with van der Waals surface area (Å²) in [5.74, 6) is 0.955. The van der Waals surface area contributed by atoms with E-state index in [1.54, 1.807) is 0 Å². The molecule has 9 nitrogen and oxygen atoms in total. The Kier molecular flexibility index (Phi) is 9.00. The van der Waals surface area contributed by atoms with Gasteiger partial charge in [0.15, 0.2) is 0 Å². The van der Waals surface area contributed by atoms with Crippen molar-refractivity contribution in [2.45, 2.75) is 96.6 Å². The number of piperidine rings is 2. The lowest BCUT2D eigenvalue weighted by Crippen LogP contribution is -2.64. The summed E-state index contributed by atoms with van der Waals surface area (Å²) in [6.45, 7) is 14.9. The van der Waals surface area contributed by atoms with Crippen molar-refractivity contribution in [3.05, 3.63) is 23.3 Å². The molecule has 222 valence electrons. The Hall–Kier alpha value is -2.26. The molecule has 0 bridgehead atoms. The molecule has 0 saturated carbocycles. The summed E-state index contributed by atoms with van der Waals surface area (Å²) in [5.41, 5.74) is 1.84. The minimum absolute atomic E-state index is 0.0440. The third-order valence-corrected chi connectivity index (χ3v) is 10.4. The van der Waals surface area contributed by atoms with Crippen LogP contribution in [-0.4, -0.2) is 100 Å². The first-order valence-electron chi connectivity index (χ1n) is 15.6. The van der Waals surface area contributed by atoms with Gasteiger partial charge in [-0.05, 0) is 58.8 Å². The summed E-state index contributed by atoms with van der Waals surface area (Å²) in [5, 5.41) is 0. The Morgan fingerprint density at radius 3 is 2.30 bits per heavy atom. The van der Waals surface area contributed by atoms with E-state index in [9.17, 15) is 9.59 Å². The second kappa shape index (κ2) is 12.3. The number of nitrogens with zero attached hydrogens (tertiary/aromatic N) is 5. The van der Waals surface area contributed by atoms with Crippen LogP contribution in [0.3, 0.4) is 0 Å². The van der Waals surface area contributed by atoms with Crippen LogP contribution in [0.4, 0.5) is 4.79 Å². The van der Waals surface area contributed by atoms with E-state index in [-0.39, 0.29) is 23.1 Å². The van der Waals surface area contributed by atoms with Crippen LogP contribution in [0.1, 0.15) is 93.4 Å². The van der Waals surface area contributed by atoms with E-state index in [0.717, 1.165) is 115 Å². The van der Waals surface area contributed by atoms with Crippen molar-refractivity contribution in [1.29, 1.82) is 0 Å². The number of unbranched alkanes of at least 4 members (excludes halogenated alkanes) is 1. The lowest BCUT2D eigenvalue weighted by Gasteiger charge is -2.55. The fraction of sp³-hybridized carbons (Fsp3) is 0.806. The van der Waals surface area contributed by atoms with Crippen LogP contribution in [0, 0.1) is 25.7 Å². The number of ether oxygens (including phenoxy) is 2. The monoisotopic (exact) mass is 555 g/mol. The molecule has 1 atom stereocenters. The number of carbonyl (C=O) groups excluding carboxylic acids is 2. The van der Waals surface area contributed by atoms with E-state index in [1.807, 2.05) is 23.6 Å². The molecule has 0 aliphatic carbocycles. The molecule has 5 rings (SSSR count). The van der Waals surface area contributed by atoms with Crippen LogP contribution in [0.25, 0.3) is 0 Å². The highest BCUT2D eigenvalue weighted by Crippen LogP contribution is 2.43. The van der Waals surface area contributed by atoms with Gasteiger partial charge in [0.05, 0.1) is 17.0 Å². The van der Waals surface area contributed by atoms with Gasteiger partial charge in [-0.1, -0.05) is 19.8 Å². The molecule has 1 unspecified atom stereocenters. The van der Waals surface area contributed by atoms with Gasteiger partial charge in [0, 0.05) is 76.8 Å². The molecule has 2 amide bonds. The number of hydrogen-bond donors (Lipinski definition) is 0. The van der Waals surface area contributed by atoms with Crippen molar-refractivity contribution < 1.29 is 19.1 Å². The molecule has 9 heteroatoms.